The number of allylic oxidation sites excluding steroid dienone is 4. The Bertz CT molecular complexity index is 1420. The second-order valence-electron chi connectivity index (χ2n) is 7.17. The van der Waals surface area contributed by atoms with Gasteiger partial charge in [-0.25, -0.2) is 0 Å². The lowest BCUT2D eigenvalue weighted by atomic mass is 10.0. The zero-order chi connectivity index (χ0) is 19.2. The SMILES string of the molecule is C1=CC(c2cccc3[nH]c(-c4n[nH]c5ccc(-c6cnccn6)cc45)cc23)=CC1. The molecule has 0 amide bonds. The van der Waals surface area contributed by atoms with E-state index in [0.29, 0.717) is 0 Å². The minimum absolute atomic E-state index is 0.848. The van der Waals surface area contributed by atoms with Crippen LogP contribution in [0.1, 0.15) is 12.0 Å². The van der Waals surface area contributed by atoms with E-state index in [0.717, 1.165) is 45.5 Å². The summed E-state index contributed by atoms with van der Waals surface area (Å²) in [5.41, 5.74) is 8.40. The van der Waals surface area contributed by atoms with Gasteiger partial charge < -0.3 is 4.98 Å². The predicted octanol–water partition coefficient (Wildman–Crippen LogP) is 5.51. The lowest BCUT2D eigenvalue weighted by Gasteiger charge is -2.01. The first kappa shape index (κ1) is 16.0. The summed E-state index contributed by atoms with van der Waals surface area (Å²) in [4.78, 5) is 12.2. The molecule has 3 aromatic heterocycles. The standard InChI is InChI=1S/C24H17N5/c1-2-5-15(4-1)17-6-3-7-20-18(17)13-22(27-20)24-19-12-16(8-9-21(19)28-29-24)23-14-25-10-11-26-23/h1,3-14,27H,2H2,(H,28,29). The summed E-state index contributed by atoms with van der Waals surface area (Å²) in [5.74, 6) is 0. The largest absolute Gasteiger partial charge is 0.353 e. The molecule has 138 valence electrons. The van der Waals surface area contributed by atoms with Crippen LogP contribution < -0.4 is 0 Å². The van der Waals surface area contributed by atoms with Gasteiger partial charge in [0.25, 0.3) is 0 Å². The van der Waals surface area contributed by atoms with Gasteiger partial charge in [0.1, 0.15) is 5.69 Å². The van der Waals surface area contributed by atoms with Crippen molar-refractivity contribution >= 4 is 27.4 Å². The van der Waals surface area contributed by atoms with E-state index in [1.54, 1.807) is 18.6 Å². The zero-order valence-electron chi connectivity index (χ0n) is 15.6. The Hall–Kier alpha value is -3.99. The summed E-state index contributed by atoms with van der Waals surface area (Å²) < 4.78 is 0. The molecule has 0 aliphatic heterocycles. The van der Waals surface area contributed by atoms with Crippen LogP contribution >= 0.6 is 0 Å². The zero-order valence-corrected chi connectivity index (χ0v) is 15.6. The van der Waals surface area contributed by atoms with Crippen molar-refractivity contribution in [2.75, 3.05) is 0 Å². The summed E-state index contributed by atoms with van der Waals surface area (Å²) in [6, 6.07) is 14.8. The second kappa shape index (κ2) is 6.27. The molecule has 0 unspecified atom stereocenters. The molecule has 5 aromatic rings. The van der Waals surface area contributed by atoms with E-state index in [1.807, 2.05) is 12.1 Å². The first-order chi connectivity index (χ1) is 14.4. The van der Waals surface area contributed by atoms with Crippen molar-refractivity contribution in [2.24, 2.45) is 0 Å². The quantitative estimate of drug-likeness (QED) is 0.437. The summed E-state index contributed by atoms with van der Waals surface area (Å²) >= 11 is 0. The van der Waals surface area contributed by atoms with Gasteiger partial charge in [-0.1, -0.05) is 36.4 Å². The molecule has 0 atom stereocenters. The van der Waals surface area contributed by atoms with Crippen molar-refractivity contribution in [2.45, 2.75) is 6.42 Å². The van der Waals surface area contributed by atoms with Gasteiger partial charge in [-0.3, -0.25) is 15.1 Å². The van der Waals surface area contributed by atoms with Crippen molar-refractivity contribution in [3.05, 3.63) is 84.8 Å². The molecule has 1 aliphatic carbocycles. The number of aromatic amines is 2. The van der Waals surface area contributed by atoms with Crippen LogP contribution in [0.15, 0.2) is 79.3 Å². The van der Waals surface area contributed by atoms with E-state index in [4.69, 9.17) is 0 Å². The first-order valence-corrected chi connectivity index (χ1v) is 9.60. The van der Waals surface area contributed by atoms with Crippen LogP contribution in [-0.2, 0) is 0 Å². The molecule has 0 saturated carbocycles. The summed E-state index contributed by atoms with van der Waals surface area (Å²) in [7, 11) is 0. The minimum atomic E-state index is 0.848. The maximum Gasteiger partial charge on any atom is 0.116 e. The lowest BCUT2D eigenvalue weighted by Crippen LogP contribution is -1.84. The highest BCUT2D eigenvalue weighted by molar-refractivity contribution is 6.01. The summed E-state index contributed by atoms with van der Waals surface area (Å²) in [6.07, 6.45) is 12.8. The third kappa shape index (κ3) is 2.59. The average molecular weight is 375 g/mol. The van der Waals surface area contributed by atoms with Crippen LogP contribution in [0.4, 0.5) is 0 Å². The van der Waals surface area contributed by atoms with Crippen LogP contribution in [0, 0.1) is 0 Å². The van der Waals surface area contributed by atoms with Crippen LogP contribution in [0.5, 0.6) is 0 Å². The fourth-order valence-corrected chi connectivity index (χ4v) is 4.02. The number of benzene rings is 2. The number of nitrogens with one attached hydrogen (secondary N) is 2. The highest BCUT2D eigenvalue weighted by Gasteiger charge is 2.15. The number of nitrogens with zero attached hydrogens (tertiary/aromatic N) is 3. The molecule has 3 heterocycles. The summed E-state index contributed by atoms with van der Waals surface area (Å²) in [6.45, 7) is 0. The first-order valence-electron chi connectivity index (χ1n) is 9.60. The highest BCUT2D eigenvalue weighted by atomic mass is 15.1. The van der Waals surface area contributed by atoms with Crippen LogP contribution in [0.25, 0.3) is 50.0 Å². The number of aromatic nitrogens is 5. The van der Waals surface area contributed by atoms with Gasteiger partial charge in [-0.2, -0.15) is 5.10 Å². The van der Waals surface area contributed by atoms with E-state index >= 15 is 0 Å². The van der Waals surface area contributed by atoms with Crippen LogP contribution in [0.2, 0.25) is 0 Å². The van der Waals surface area contributed by atoms with Crippen molar-refractivity contribution in [1.82, 2.24) is 25.1 Å². The molecule has 0 radical (unpaired) electrons. The third-order valence-corrected chi connectivity index (χ3v) is 5.42. The molecule has 29 heavy (non-hydrogen) atoms. The molecule has 0 bridgehead atoms. The van der Waals surface area contributed by atoms with E-state index in [9.17, 15) is 0 Å². The van der Waals surface area contributed by atoms with Crippen molar-refractivity contribution in [3.63, 3.8) is 0 Å². The van der Waals surface area contributed by atoms with Gasteiger partial charge in [-0.05, 0) is 41.8 Å². The van der Waals surface area contributed by atoms with Crippen LogP contribution in [-0.4, -0.2) is 25.1 Å². The predicted molar refractivity (Wildman–Crippen MR) is 116 cm³/mol. The Morgan fingerprint density at radius 1 is 0.931 bits per heavy atom. The van der Waals surface area contributed by atoms with Gasteiger partial charge in [0, 0.05) is 34.2 Å². The van der Waals surface area contributed by atoms with E-state index < -0.39 is 0 Å². The monoisotopic (exact) mass is 375 g/mol. The minimum Gasteiger partial charge on any atom is -0.353 e. The Morgan fingerprint density at radius 3 is 2.79 bits per heavy atom. The van der Waals surface area contributed by atoms with Gasteiger partial charge in [0.2, 0.25) is 0 Å². The van der Waals surface area contributed by atoms with Crippen molar-refractivity contribution < 1.29 is 0 Å². The van der Waals surface area contributed by atoms with Gasteiger partial charge >= 0.3 is 0 Å². The molecule has 0 saturated heterocycles. The molecular formula is C24H17N5. The second-order valence-corrected chi connectivity index (χ2v) is 7.17. The van der Waals surface area contributed by atoms with E-state index in [1.165, 1.54) is 16.5 Å². The lowest BCUT2D eigenvalue weighted by molar-refractivity contribution is 1.12. The van der Waals surface area contributed by atoms with Crippen LogP contribution in [0.3, 0.4) is 0 Å². The van der Waals surface area contributed by atoms with Crippen molar-refractivity contribution in [3.8, 4) is 22.6 Å². The molecule has 5 heteroatoms. The highest BCUT2D eigenvalue weighted by Crippen LogP contribution is 2.34. The third-order valence-electron chi connectivity index (χ3n) is 5.42. The van der Waals surface area contributed by atoms with Gasteiger partial charge in [0.05, 0.1) is 23.1 Å². The molecule has 2 N–H and O–H groups in total. The maximum atomic E-state index is 4.60. The number of fused-ring (bicyclic) bond motifs is 2. The molecule has 0 fully saturated rings. The topological polar surface area (TPSA) is 70.2 Å². The number of hydrogen-bond acceptors (Lipinski definition) is 3. The molecule has 0 spiro atoms. The number of rotatable bonds is 3. The molecular weight excluding hydrogens is 358 g/mol. The van der Waals surface area contributed by atoms with E-state index in [2.05, 4.69) is 73.7 Å². The molecule has 5 nitrogen and oxygen atoms in total. The van der Waals surface area contributed by atoms with Gasteiger partial charge in [-0.15, -0.1) is 0 Å². The Labute approximate surface area is 166 Å². The Morgan fingerprint density at radius 2 is 1.93 bits per heavy atom. The normalized spacial score (nSPS) is 13.4. The molecule has 2 aromatic carbocycles. The van der Waals surface area contributed by atoms with Gasteiger partial charge in [0.15, 0.2) is 0 Å². The molecule has 6 rings (SSSR count). The summed E-state index contributed by atoms with van der Waals surface area (Å²) in [5, 5.41) is 10.0. The smallest absolute Gasteiger partial charge is 0.116 e. The number of H-pyrrole nitrogens is 2. The fourth-order valence-electron chi connectivity index (χ4n) is 4.02. The number of hydrogen-bond donors (Lipinski definition) is 2. The Balaban J connectivity index is 1.52. The van der Waals surface area contributed by atoms with Crippen molar-refractivity contribution in [1.29, 1.82) is 0 Å². The fraction of sp³-hybridized carbons (Fsp3) is 0.0417. The maximum absolute atomic E-state index is 4.60. The van der Waals surface area contributed by atoms with E-state index in [-0.39, 0.29) is 0 Å². The Kier molecular flexibility index (Phi) is 3.46. The average Bonchev–Trinajstić information content (AvgIpc) is 3.52. The molecule has 1 aliphatic rings.